The number of carbonyl (C=O) groups excluding carboxylic acids is 1. The Morgan fingerprint density at radius 1 is 1.08 bits per heavy atom. The quantitative estimate of drug-likeness (QED) is 0.391. The molecular formula is C17H19N3O4. The highest BCUT2D eigenvalue weighted by atomic mass is 16.6. The number of nitrogens with one attached hydrogen (secondary N) is 2. The maximum Gasteiger partial charge on any atom is 0.311 e. The minimum atomic E-state index is -0.629. The lowest BCUT2D eigenvalue weighted by atomic mass is 10.2. The number of nitrogens with zero attached hydrogens (tertiary/aromatic N) is 1. The Morgan fingerprint density at radius 2 is 1.83 bits per heavy atom. The Kier molecular flexibility index (Phi) is 6.27. The molecule has 0 aromatic heterocycles. The lowest BCUT2D eigenvalue weighted by Crippen LogP contribution is -2.27. The maximum atomic E-state index is 11.7. The highest BCUT2D eigenvalue weighted by Gasteiger charge is 2.13. The molecule has 7 nitrogen and oxygen atoms in total. The minimum absolute atomic E-state index is 0.0666. The molecule has 0 spiro atoms. The molecule has 0 aliphatic rings. The summed E-state index contributed by atoms with van der Waals surface area (Å²) < 4.78 is 0. The van der Waals surface area contributed by atoms with E-state index < -0.39 is 4.92 Å². The lowest BCUT2D eigenvalue weighted by Gasteiger charge is -2.07. The number of phenolic OH excluding ortho intramolecular Hbond substituents is 1. The predicted octanol–water partition coefficient (Wildman–Crippen LogP) is 2.10. The molecule has 7 heteroatoms. The van der Waals surface area contributed by atoms with Crippen molar-refractivity contribution < 1.29 is 14.8 Å². The van der Waals surface area contributed by atoms with Crippen LogP contribution in [-0.2, 0) is 17.9 Å². The molecule has 2 aromatic carbocycles. The normalized spacial score (nSPS) is 10.3. The summed E-state index contributed by atoms with van der Waals surface area (Å²) in [5.74, 6) is -0.424. The number of nitro groups is 1. The number of hydrogen-bond acceptors (Lipinski definition) is 5. The molecule has 0 atom stereocenters. The van der Waals surface area contributed by atoms with E-state index >= 15 is 0 Å². The van der Waals surface area contributed by atoms with Crippen molar-refractivity contribution in [2.45, 2.75) is 19.5 Å². The van der Waals surface area contributed by atoms with Gasteiger partial charge in [0.1, 0.15) is 0 Å². The first-order valence-corrected chi connectivity index (χ1v) is 7.54. The summed E-state index contributed by atoms with van der Waals surface area (Å²) in [5.41, 5.74) is 1.38. The second kappa shape index (κ2) is 8.64. The minimum Gasteiger partial charge on any atom is -0.502 e. The van der Waals surface area contributed by atoms with Crippen LogP contribution in [0.5, 0.6) is 5.75 Å². The first-order chi connectivity index (χ1) is 11.6. The van der Waals surface area contributed by atoms with Crippen LogP contribution in [0.1, 0.15) is 17.5 Å². The van der Waals surface area contributed by atoms with Gasteiger partial charge in [-0.05, 0) is 17.2 Å². The molecule has 3 N–H and O–H groups in total. The zero-order valence-corrected chi connectivity index (χ0v) is 13.1. The molecule has 2 aromatic rings. The van der Waals surface area contributed by atoms with E-state index in [9.17, 15) is 20.0 Å². The van der Waals surface area contributed by atoms with Crippen molar-refractivity contribution in [2.75, 3.05) is 6.54 Å². The van der Waals surface area contributed by atoms with Gasteiger partial charge in [0.05, 0.1) is 4.92 Å². The van der Waals surface area contributed by atoms with E-state index in [1.54, 1.807) is 6.07 Å². The van der Waals surface area contributed by atoms with Gasteiger partial charge in [-0.1, -0.05) is 36.4 Å². The third kappa shape index (κ3) is 5.36. The summed E-state index contributed by atoms with van der Waals surface area (Å²) in [4.78, 5) is 21.9. The summed E-state index contributed by atoms with van der Waals surface area (Å²) in [6.45, 7) is 1.33. The fourth-order valence-electron chi connectivity index (χ4n) is 2.14. The van der Waals surface area contributed by atoms with Crippen LogP contribution in [0.25, 0.3) is 0 Å². The summed E-state index contributed by atoms with van der Waals surface area (Å²) >= 11 is 0. The molecule has 0 fully saturated rings. The van der Waals surface area contributed by atoms with Crippen molar-refractivity contribution in [3.63, 3.8) is 0 Å². The second-order valence-corrected chi connectivity index (χ2v) is 5.27. The number of carbonyl (C=O) groups is 1. The molecule has 1 amide bonds. The lowest BCUT2D eigenvalue weighted by molar-refractivity contribution is -0.385. The second-order valence-electron chi connectivity index (χ2n) is 5.27. The fraction of sp³-hybridized carbons (Fsp3) is 0.235. The smallest absolute Gasteiger partial charge is 0.311 e. The van der Waals surface area contributed by atoms with Crippen LogP contribution in [0.2, 0.25) is 0 Å². The molecule has 126 valence electrons. The van der Waals surface area contributed by atoms with Crippen molar-refractivity contribution >= 4 is 11.6 Å². The first-order valence-electron chi connectivity index (χ1n) is 7.54. The molecule has 0 unspecified atom stereocenters. The molecule has 0 aliphatic heterocycles. The van der Waals surface area contributed by atoms with Crippen LogP contribution in [-0.4, -0.2) is 22.5 Å². The van der Waals surface area contributed by atoms with Gasteiger partial charge in [0.15, 0.2) is 5.75 Å². The number of amides is 1. The predicted molar refractivity (Wildman–Crippen MR) is 89.4 cm³/mol. The number of benzene rings is 2. The van der Waals surface area contributed by atoms with E-state index in [1.165, 1.54) is 12.1 Å². The standard InChI is InChI=1S/C17H19N3O4/c21-16-7-6-14(10-15(16)20(23)24)11-18-9-8-17(22)19-12-13-4-2-1-3-5-13/h1-7,10,18,21H,8-9,11-12H2,(H,19,22). The van der Waals surface area contributed by atoms with E-state index in [4.69, 9.17) is 0 Å². The first kappa shape index (κ1) is 17.4. The number of nitro benzene ring substituents is 1. The van der Waals surface area contributed by atoms with Crippen molar-refractivity contribution in [3.05, 3.63) is 69.8 Å². The van der Waals surface area contributed by atoms with Crippen LogP contribution < -0.4 is 10.6 Å². The summed E-state index contributed by atoms with van der Waals surface area (Å²) in [7, 11) is 0. The summed E-state index contributed by atoms with van der Waals surface area (Å²) in [5, 5.41) is 26.0. The van der Waals surface area contributed by atoms with Crippen molar-refractivity contribution in [1.82, 2.24) is 10.6 Å². The molecule has 0 heterocycles. The van der Waals surface area contributed by atoms with Crippen LogP contribution >= 0.6 is 0 Å². The average molecular weight is 329 g/mol. The zero-order valence-electron chi connectivity index (χ0n) is 13.1. The van der Waals surface area contributed by atoms with E-state index in [-0.39, 0.29) is 17.3 Å². The molecule has 24 heavy (non-hydrogen) atoms. The van der Waals surface area contributed by atoms with E-state index in [2.05, 4.69) is 10.6 Å². The van der Waals surface area contributed by atoms with Gasteiger partial charge in [-0.3, -0.25) is 14.9 Å². The number of phenols is 1. The fourth-order valence-corrected chi connectivity index (χ4v) is 2.14. The van der Waals surface area contributed by atoms with Crippen molar-refractivity contribution in [2.24, 2.45) is 0 Å². The Hall–Kier alpha value is -2.93. The van der Waals surface area contributed by atoms with Crippen LogP contribution in [0, 0.1) is 10.1 Å². The van der Waals surface area contributed by atoms with E-state index in [0.29, 0.717) is 31.6 Å². The molecule has 2 rings (SSSR count). The van der Waals surface area contributed by atoms with Gasteiger partial charge >= 0.3 is 5.69 Å². The topological polar surface area (TPSA) is 104 Å². The highest BCUT2D eigenvalue weighted by Crippen LogP contribution is 2.26. The van der Waals surface area contributed by atoms with Gasteiger partial charge in [-0.15, -0.1) is 0 Å². The molecule has 0 aliphatic carbocycles. The molecule has 0 saturated heterocycles. The number of aromatic hydroxyl groups is 1. The molecule has 0 radical (unpaired) electrons. The number of hydrogen-bond donors (Lipinski definition) is 3. The molecule has 0 bridgehead atoms. The Labute approximate surface area is 139 Å². The largest absolute Gasteiger partial charge is 0.502 e. The van der Waals surface area contributed by atoms with Gasteiger partial charge in [0.2, 0.25) is 5.91 Å². The van der Waals surface area contributed by atoms with Gasteiger partial charge < -0.3 is 15.7 Å². The third-order valence-corrected chi connectivity index (χ3v) is 3.43. The van der Waals surface area contributed by atoms with E-state index in [1.807, 2.05) is 30.3 Å². The van der Waals surface area contributed by atoms with E-state index in [0.717, 1.165) is 5.56 Å². The van der Waals surface area contributed by atoms with Crippen molar-refractivity contribution in [1.29, 1.82) is 0 Å². The highest BCUT2D eigenvalue weighted by molar-refractivity contribution is 5.76. The average Bonchev–Trinajstić information content (AvgIpc) is 2.59. The SMILES string of the molecule is O=C(CCNCc1ccc(O)c([N+](=O)[O-])c1)NCc1ccccc1. The van der Waals surface area contributed by atoms with Crippen LogP contribution in [0.4, 0.5) is 5.69 Å². The summed E-state index contributed by atoms with van der Waals surface area (Å²) in [6, 6.07) is 13.8. The third-order valence-electron chi connectivity index (χ3n) is 3.43. The maximum absolute atomic E-state index is 11.7. The molecular weight excluding hydrogens is 310 g/mol. The zero-order chi connectivity index (χ0) is 17.4. The van der Waals surface area contributed by atoms with Gasteiger partial charge in [-0.25, -0.2) is 0 Å². The van der Waals surface area contributed by atoms with Crippen molar-refractivity contribution in [3.8, 4) is 5.75 Å². The Morgan fingerprint density at radius 3 is 2.54 bits per heavy atom. The summed E-state index contributed by atoms with van der Waals surface area (Å²) in [6.07, 6.45) is 0.313. The van der Waals surface area contributed by atoms with Crippen LogP contribution in [0.15, 0.2) is 48.5 Å². The molecule has 0 saturated carbocycles. The van der Waals surface area contributed by atoms with Gasteiger partial charge in [0, 0.05) is 32.1 Å². The number of rotatable bonds is 8. The Bertz CT molecular complexity index is 704. The van der Waals surface area contributed by atoms with Gasteiger partial charge in [-0.2, -0.15) is 0 Å². The monoisotopic (exact) mass is 329 g/mol. The Balaban J connectivity index is 1.70. The van der Waals surface area contributed by atoms with Crippen LogP contribution in [0.3, 0.4) is 0 Å². The van der Waals surface area contributed by atoms with Gasteiger partial charge in [0.25, 0.3) is 0 Å².